The Kier molecular flexibility index (Phi) is 6.48. The molecule has 2 aromatic carbocycles. The van der Waals surface area contributed by atoms with Crippen molar-refractivity contribution in [1.29, 1.82) is 0 Å². The molecule has 0 aliphatic carbocycles. The molecule has 0 saturated carbocycles. The number of fused-ring (bicyclic) bond motifs is 2. The summed E-state index contributed by atoms with van der Waals surface area (Å²) in [7, 11) is 0. The molecule has 2 atom stereocenters. The van der Waals surface area contributed by atoms with Gasteiger partial charge in [0.05, 0.1) is 23.2 Å². The summed E-state index contributed by atoms with van der Waals surface area (Å²) in [5, 5.41) is 13.6. The van der Waals surface area contributed by atoms with Gasteiger partial charge in [-0.1, -0.05) is 35.9 Å². The summed E-state index contributed by atoms with van der Waals surface area (Å²) >= 11 is 6.02. The van der Waals surface area contributed by atoms with Crippen molar-refractivity contribution >= 4 is 29.1 Å². The van der Waals surface area contributed by atoms with Crippen molar-refractivity contribution in [3.05, 3.63) is 70.0 Å². The number of benzene rings is 2. The van der Waals surface area contributed by atoms with Crippen molar-refractivity contribution in [2.75, 3.05) is 19.7 Å². The first kappa shape index (κ1) is 22.3. The van der Waals surface area contributed by atoms with Gasteiger partial charge in [-0.05, 0) is 35.3 Å². The maximum Gasteiger partial charge on any atom is 0.333 e. The number of hydrogen-bond donors (Lipinski definition) is 2. The molecular formula is C24H24ClFN2O4. The predicted molar refractivity (Wildman–Crippen MR) is 119 cm³/mol. The van der Waals surface area contributed by atoms with Crippen molar-refractivity contribution < 1.29 is 23.8 Å². The van der Waals surface area contributed by atoms with Crippen LogP contribution in [0.3, 0.4) is 0 Å². The molecule has 1 saturated heterocycles. The van der Waals surface area contributed by atoms with E-state index in [9.17, 15) is 19.1 Å². The number of amides is 1. The van der Waals surface area contributed by atoms with Gasteiger partial charge < -0.3 is 20.1 Å². The fourth-order valence-corrected chi connectivity index (χ4v) is 4.54. The Hall–Kier alpha value is -2.90. The van der Waals surface area contributed by atoms with Gasteiger partial charge >= 0.3 is 5.97 Å². The van der Waals surface area contributed by atoms with Crippen molar-refractivity contribution in [3.8, 4) is 5.75 Å². The first-order valence-corrected chi connectivity index (χ1v) is 10.8. The van der Waals surface area contributed by atoms with E-state index in [-0.39, 0.29) is 18.0 Å². The number of carboxylic acid groups (broad SMARTS) is 1. The molecule has 1 fully saturated rings. The number of aliphatic carboxylic acids is 1. The molecule has 2 aromatic rings. The van der Waals surface area contributed by atoms with E-state index in [2.05, 4.69) is 5.32 Å². The summed E-state index contributed by atoms with van der Waals surface area (Å²) in [6, 6.07) is 11.4. The first-order valence-electron chi connectivity index (χ1n) is 10.5. The van der Waals surface area contributed by atoms with Gasteiger partial charge in [-0.2, -0.15) is 0 Å². The van der Waals surface area contributed by atoms with Crippen LogP contribution >= 0.6 is 11.6 Å². The standard InChI is InChI=1S/C24H24ClFN2O4/c1-14(29)28-12-18-11-19(23(24(30)31)21(13-28)27-18)16-4-2-15(3-5-16)8-9-32-22-10-17(26)6-7-20(22)25/h2-7,10,18,21,27H,8-9,11-13H2,1H3,(H,30,31)/t18?,21-/m1/s1. The van der Waals surface area contributed by atoms with Gasteiger partial charge in [0.2, 0.25) is 5.91 Å². The summed E-state index contributed by atoms with van der Waals surface area (Å²) < 4.78 is 18.9. The van der Waals surface area contributed by atoms with Crippen molar-refractivity contribution in [2.24, 2.45) is 0 Å². The van der Waals surface area contributed by atoms with E-state index >= 15 is 0 Å². The summed E-state index contributed by atoms with van der Waals surface area (Å²) in [4.78, 5) is 25.6. The van der Waals surface area contributed by atoms with Crippen molar-refractivity contribution in [3.63, 3.8) is 0 Å². The number of piperazine rings is 1. The highest BCUT2D eigenvalue weighted by Crippen LogP contribution is 2.33. The van der Waals surface area contributed by atoms with Crippen LogP contribution in [-0.2, 0) is 16.0 Å². The van der Waals surface area contributed by atoms with Crippen molar-refractivity contribution in [1.82, 2.24) is 10.2 Å². The average Bonchev–Trinajstić information content (AvgIpc) is 2.75. The van der Waals surface area contributed by atoms with Crippen LogP contribution in [0.2, 0.25) is 5.02 Å². The maximum atomic E-state index is 13.3. The third-order valence-corrected chi connectivity index (χ3v) is 6.24. The van der Waals surface area contributed by atoms with Gasteiger partial charge in [0.25, 0.3) is 0 Å². The minimum atomic E-state index is -0.967. The highest BCUT2D eigenvalue weighted by Gasteiger charge is 2.38. The number of halogens is 2. The molecule has 8 heteroatoms. The van der Waals surface area contributed by atoms with Gasteiger partial charge in [-0.25, -0.2) is 9.18 Å². The Labute approximate surface area is 190 Å². The van der Waals surface area contributed by atoms with E-state index in [0.717, 1.165) is 16.7 Å². The Morgan fingerprint density at radius 3 is 2.66 bits per heavy atom. The van der Waals surface area contributed by atoms with E-state index in [0.29, 0.717) is 48.9 Å². The lowest BCUT2D eigenvalue weighted by atomic mass is 9.83. The Morgan fingerprint density at radius 2 is 1.97 bits per heavy atom. The minimum absolute atomic E-state index is 0.0276. The molecule has 0 spiro atoms. The molecule has 2 aliphatic heterocycles. The molecule has 32 heavy (non-hydrogen) atoms. The molecule has 1 amide bonds. The number of carbonyl (C=O) groups excluding carboxylic acids is 1. The van der Waals surface area contributed by atoms with Crippen LogP contribution < -0.4 is 10.1 Å². The third kappa shape index (κ3) is 4.79. The smallest absolute Gasteiger partial charge is 0.333 e. The fourth-order valence-electron chi connectivity index (χ4n) is 4.36. The Balaban J connectivity index is 1.47. The molecule has 1 unspecified atom stereocenters. The van der Waals surface area contributed by atoms with Crippen molar-refractivity contribution in [2.45, 2.75) is 31.8 Å². The maximum absolute atomic E-state index is 13.3. The summed E-state index contributed by atoms with van der Waals surface area (Å²) in [5.74, 6) is -1.11. The second-order valence-electron chi connectivity index (χ2n) is 8.11. The minimum Gasteiger partial charge on any atom is -0.492 e. The molecule has 168 valence electrons. The number of nitrogens with zero attached hydrogens (tertiary/aromatic N) is 1. The van der Waals surface area contributed by atoms with Gasteiger partial charge in [0, 0.05) is 38.5 Å². The van der Waals surface area contributed by atoms with Gasteiger partial charge in [-0.15, -0.1) is 0 Å². The van der Waals surface area contributed by atoms with Crippen LogP contribution in [0.25, 0.3) is 5.57 Å². The average molecular weight is 459 g/mol. The molecule has 6 nitrogen and oxygen atoms in total. The van der Waals surface area contributed by atoms with E-state index in [1.54, 1.807) is 4.90 Å². The number of rotatable bonds is 6. The molecule has 0 radical (unpaired) electrons. The Bertz CT molecular complexity index is 1070. The third-order valence-electron chi connectivity index (χ3n) is 5.92. The van der Waals surface area contributed by atoms with Gasteiger partial charge in [0.15, 0.2) is 0 Å². The Morgan fingerprint density at radius 1 is 1.22 bits per heavy atom. The van der Waals surface area contributed by atoms with Crippen LogP contribution in [0, 0.1) is 5.82 Å². The lowest BCUT2D eigenvalue weighted by Crippen LogP contribution is -2.61. The summed E-state index contributed by atoms with van der Waals surface area (Å²) in [6.07, 6.45) is 1.14. The van der Waals surface area contributed by atoms with E-state index < -0.39 is 11.8 Å². The second kappa shape index (κ2) is 9.30. The molecule has 2 heterocycles. The highest BCUT2D eigenvalue weighted by molar-refractivity contribution is 6.32. The molecule has 0 aromatic heterocycles. The largest absolute Gasteiger partial charge is 0.492 e. The fraction of sp³-hybridized carbons (Fsp3) is 0.333. The zero-order chi connectivity index (χ0) is 22.8. The molecule has 2 N–H and O–H groups in total. The zero-order valence-electron chi connectivity index (χ0n) is 17.6. The lowest BCUT2D eigenvalue weighted by Gasteiger charge is -2.43. The van der Waals surface area contributed by atoms with Crippen LogP contribution in [0.4, 0.5) is 4.39 Å². The summed E-state index contributed by atoms with van der Waals surface area (Å²) in [5.41, 5.74) is 3.01. The lowest BCUT2D eigenvalue weighted by molar-refractivity contribution is -0.135. The monoisotopic (exact) mass is 458 g/mol. The number of nitrogens with one attached hydrogen (secondary N) is 1. The quantitative estimate of drug-likeness (QED) is 0.692. The SMILES string of the molecule is CC(=O)N1CC2CC(c3ccc(CCOc4cc(F)ccc4Cl)cc3)=C(C(=O)O)[C@@H](C1)N2. The number of hydrogen-bond acceptors (Lipinski definition) is 4. The van der Waals surface area contributed by atoms with Crippen LogP contribution in [0.15, 0.2) is 48.0 Å². The predicted octanol–water partition coefficient (Wildman–Crippen LogP) is 3.53. The van der Waals surface area contributed by atoms with Gasteiger partial charge in [0.1, 0.15) is 11.6 Å². The van der Waals surface area contributed by atoms with Crippen LogP contribution in [-0.4, -0.2) is 53.7 Å². The number of ether oxygens (including phenoxy) is 1. The molecule has 4 rings (SSSR count). The van der Waals surface area contributed by atoms with E-state index in [1.165, 1.54) is 25.1 Å². The number of carbonyl (C=O) groups is 2. The van der Waals surface area contributed by atoms with E-state index in [4.69, 9.17) is 16.3 Å². The highest BCUT2D eigenvalue weighted by atomic mass is 35.5. The number of carboxylic acids is 1. The normalized spacial score (nSPS) is 20.3. The first-order chi connectivity index (χ1) is 15.3. The molecular weight excluding hydrogens is 435 g/mol. The van der Waals surface area contributed by atoms with Crippen LogP contribution in [0.1, 0.15) is 24.5 Å². The van der Waals surface area contributed by atoms with E-state index in [1.807, 2.05) is 24.3 Å². The summed E-state index contributed by atoms with van der Waals surface area (Å²) in [6.45, 7) is 2.77. The topological polar surface area (TPSA) is 78.9 Å². The zero-order valence-corrected chi connectivity index (χ0v) is 18.4. The molecule has 2 aliphatic rings. The second-order valence-corrected chi connectivity index (χ2v) is 8.52. The van der Waals surface area contributed by atoms with Gasteiger partial charge in [-0.3, -0.25) is 4.79 Å². The van der Waals surface area contributed by atoms with Crippen LogP contribution in [0.5, 0.6) is 5.75 Å². The molecule has 2 bridgehead atoms.